The van der Waals surface area contributed by atoms with Crippen molar-refractivity contribution in [2.24, 2.45) is 12.2 Å². The quantitative estimate of drug-likeness (QED) is 0.858. The number of sulfonamides is 1. The highest BCUT2D eigenvalue weighted by atomic mass is 32.2. The van der Waals surface area contributed by atoms with Crippen molar-refractivity contribution < 1.29 is 17.2 Å². The van der Waals surface area contributed by atoms with Crippen LogP contribution in [0, 0.1) is 11.6 Å². The van der Waals surface area contributed by atoms with Gasteiger partial charge in [0.25, 0.3) is 15.2 Å². The first-order chi connectivity index (χ1) is 8.29. The van der Waals surface area contributed by atoms with Crippen LogP contribution < -0.4 is 5.14 Å². The Morgan fingerprint density at radius 3 is 2.17 bits per heavy atom. The molecule has 0 spiro atoms. The van der Waals surface area contributed by atoms with E-state index in [1.54, 1.807) is 0 Å². The third kappa shape index (κ3) is 2.22. The molecule has 1 aromatic heterocycles. The first-order valence-electron chi connectivity index (χ1n) is 4.67. The minimum absolute atomic E-state index is 0.00238. The minimum Gasteiger partial charge on any atom is -0.300 e. The molecule has 1 heterocycles. The van der Waals surface area contributed by atoms with Crippen LogP contribution in [0.5, 0.6) is 0 Å². The molecule has 0 aliphatic rings. The molecule has 1 aromatic carbocycles. The van der Waals surface area contributed by atoms with Gasteiger partial charge in [0.2, 0.25) is 0 Å². The van der Waals surface area contributed by atoms with Gasteiger partial charge in [0, 0.05) is 18.7 Å². The second-order valence-corrected chi connectivity index (χ2v) is 5.02. The highest BCUT2D eigenvalue weighted by Crippen LogP contribution is 2.20. The van der Waals surface area contributed by atoms with Crippen molar-refractivity contribution in [3.05, 3.63) is 29.8 Å². The van der Waals surface area contributed by atoms with Gasteiger partial charge < -0.3 is 0 Å². The maximum Gasteiger partial charge on any atom is 0.273 e. The number of hydrogen-bond acceptors (Lipinski definition) is 4. The maximum absolute atomic E-state index is 13.0. The predicted octanol–water partition coefficient (Wildman–Crippen LogP) is 0.408. The zero-order valence-corrected chi connectivity index (χ0v) is 9.95. The van der Waals surface area contributed by atoms with E-state index in [2.05, 4.69) is 10.2 Å². The van der Waals surface area contributed by atoms with Gasteiger partial charge in [-0.3, -0.25) is 4.57 Å². The number of nitrogens with zero attached hydrogens (tertiary/aromatic N) is 3. The fraction of sp³-hybridized carbons (Fsp3) is 0.111. The van der Waals surface area contributed by atoms with Gasteiger partial charge in [0.05, 0.1) is 0 Å². The summed E-state index contributed by atoms with van der Waals surface area (Å²) < 4.78 is 49.4. The van der Waals surface area contributed by atoms with Crippen molar-refractivity contribution in [3.63, 3.8) is 0 Å². The molecular formula is C9H8F2N4O2S. The van der Waals surface area contributed by atoms with Crippen LogP contribution in [0.15, 0.2) is 23.4 Å². The van der Waals surface area contributed by atoms with Gasteiger partial charge in [0.1, 0.15) is 11.6 Å². The molecule has 6 nitrogen and oxygen atoms in total. The number of hydrogen-bond donors (Lipinski definition) is 1. The summed E-state index contributed by atoms with van der Waals surface area (Å²) in [7, 11) is -2.71. The molecule has 0 aliphatic heterocycles. The first kappa shape index (κ1) is 12.6. The van der Waals surface area contributed by atoms with Gasteiger partial charge in [-0.15, -0.1) is 10.2 Å². The monoisotopic (exact) mass is 274 g/mol. The molecule has 0 atom stereocenters. The lowest BCUT2D eigenvalue weighted by Gasteiger charge is -2.03. The van der Waals surface area contributed by atoms with Gasteiger partial charge in [-0.2, -0.15) is 0 Å². The normalized spacial score (nSPS) is 11.8. The van der Waals surface area contributed by atoms with Gasteiger partial charge in [0.15, 0.2) is 5.82 Å². The molecule has 0 fully saturated rings. The fourth-order valence-corrected chi connectivity index (χ4v) is 2.12. The van der Waals surface area contributed by atoms with Crippen LogP contribution in [0.1, 0.15) is 0 Å². The topological polar surface area (TPSA) is 90.9 Å². The fourth-order valence-electron chi connectivity index (χ4n) is 1.50. The Balaban J connectivity index is 2.63. The van der Waals surface area contributed by atoms with E-state index in [0.717, 1.165) is 16.7 Å². The molecule has 0 radical (unpaired) electrons. The van der Waals surface area contributed by atoms with E-state index in [9.17, 15) is 17.2 Å². The summed E-state index contributed by atoms with van der Waals surface area (Å²) in [5, 5.41) is 11.4. The molecule has 96 valence electrons. The summed E-state index contributed by atoms with van der Waals surface area (Å²) in [5.41, 5.74) is 0.0670. The van der Waals surface area contributed by atoms with E-state index in [0.29, 0.717) is 6.07 Å². The number of halogens is 2. The van der Waals surface area contributed by atoms with Gasteiger partial charge in [-0.1, -0.05) is 0 Å². The molecular weight excluding hydrogens is 266 g/mol. The van der Waals surface area contributed by atoms with Crippen LogP contribution in [-0.2, 0) is 17.1 Å². The van der Waals surface area contributed by atoms with E-state index in [1.807, 2.05) is 0 Å². The van der Waals surface area contributed by atoms with E-state index in [-0.39, 0.29) is 11.4 Å². The third-order valence-corrected chi connectivity index (χ3v) is 3.07. The van der Waals surface area contributed by atoms with E-state index in [1.165, 1.54) is 7.05 Å². The molecule has 2 N–H and O–H groups in total. The van der Waals surface area contributed by atoms with E-state index >= 15 is 0 Å². The Kier molecular flexibility index (Phi) is 2.87. The molecule has 2 rings (SSSR count). The molecule has 2 aromatic rings. The third-order valence-electron chi connectivity index (χ3n) is 2.21. The molecule has 0 aliphatic carbocycles. The number of primary sulfonamides is 1. The number of nitrogens with two attached hydrogens (primary N) is 1. The number of aromatic nitrogens is 3. The molecule has 0 bridgehead atoms. The van der Waals surface area contributed by atoms with Crippen molar-refractivity contribution in [2.75, 3.05) is 0 Å². The lowest BCUT2D eigenvalue weighted by molar-refractivity contribution is 0.580. The molecule has 9 heteroatoms. The Bertz CT molecular complexity index is 691. The van der Waals surface area contributed by atoms with Crippen molar-refractivity contribution in [1.82, 2.24) is 14.8 Å². The maximum atomic E-state index is 13.0. The molecule has 18 heavy (non-hydrogen) atoms. The summed E-state index contributed by atoms with van der Waals surface area (Å²) in [5.74, 6) is -1.60. The summed E-state index contributed by atoms with van der Waals surface area (Å²) in [6, 6.07) is 2.72. The molecule has 0 saturated heterocycles. The van der Waals surface area contributed by atoms with Gasteiger partial charge >= 0.3 is 0 Å². The predicted molar refractivity (Wildman–Crippen MR) is 57.7 cm³/mol. The lowest BCUT2D eigenvalue weighted by Crippen LogP contribution is -2.17. The highest BCUT2D eigenvalue weighted by Gasteiger charge is 2.20. The Labute approximate surface area is 101 Å². The molecule has 0 amide bonds. The van der Waals surface area contributed by atoms with E-state index < -0.39 is 26.8 Å². The van der Waals surface area contributed by atoms with Crippen LogP contribution in [0.4, 0.5) is 8.78 Å². The molecule has 0 unspecified atom stereocenters. The van der Waals surface area contributed by atoms with E-state index in [4.69, 9.17) is 5.14 Å². The second-order valence-electron chi connectivity index (χ2n) is 3.57. The van der Waals surface area contributed by atoms with Crippen LogP contribution in [-0.4, -0.2) is 23.2 Å². The lowest BCUT2D eigenvalue weighted by atomic mass is 10.2. The van der Waals surface area contributed by atoms with Gasteiger partial charge in [-0.25, -0.2) is 22.3 Å². The van der Waals surface area contributed by atoms with Crippen LogP contribution in [0.3, 0.4) is 0 Å². The number of rotatable bonds is 2. The largest absolute Gasteiger partial charge is 0.300 e. The zero-order valence-electron chi connectivity index (χ0n) is 9.13. The van der Waals surface area contributed by atoms with Crippen LogP contribution in [0.2, 0.25) is 0 Å². The Morgan fingerprint density at radius 2 is 1.72 bits per heavy atom. The average Bonchev–Trinajstić information content (AvgIpc) is 2.57. The van der Waals surface area contributed by atoms with Gasteiger partial charge in [-0.05, 0) is 12.1 Å². The van der Waals surface area contributed by atoms with Crippen molar-refractivity contribution in [2.45, 2.75) is 5.16 Å². The SMILES string of the molecule is Cn1c(-c2cc(F)cc(F)c2)nnc1S(N)(=O)=O. The average molecular weight is 274 g/mol. The van der Waals surface area contributed by atoms with Crippen molar-refractivity contribution in [3.8, 4) is 11.4 Å². The Morgan fingerprint density at radius 1 is 1.17 bits per heavy atom. The molecule has 0 saturated carbocycles. The summed E-state index contributed by atoms with van der Waals surface area (Å²) in [6.45, 7) is 0. The second kappa shape index (κ2) is 4.10. The number of benzene rings is 1. The minimum atomic E-state index is -4.04. The zero-order chi connectivity index (χ0) is 13.5. The van der Waals surface area contributed by atoms with Crippen LogP contribution >= 0.6 is 0 Å². The van der Waals surface area contributed by atoms with Crippen molar-refractivity contribution >= 4 is 10.0 Å². The summed E-state index contributed by atoms with van der Waals surface area (Å²) >= 11 is 0. The van der Waals surface area contributed by atoms with Crippen molar-refractivity contribution in [1.29, 1.82) is 0 Å². The Hall–Kier alpha value is -1.87. The van der Waals surface area contributed by atoms with Crippen LogP contribution in [0.25, 0.3) is 11.4 Å². The summed E-state index contributed by atoms with van der Waals surface area (Å²) in [4.78, 5) is 0. The summed E-state index contributed by atoms with van der Waals surface area (Å²) in [6.07, 6.45) is 0. The highest BCUT2D eigenvalue weighted by molar-refractivity contribution is 7.89. The first-order valence-corrected chi connectivity index (χ1v) is 6.22. The smallest absolute Gasteiger partial charge is 0.273 e. The standard InChI is InChI=1S/C9H8F2N4O2S/c1-15-8(13-14-9(15)18(12,16)17)5-2-6(10)4-7(11)3-5/h2-4H,1H3,(H2,12,16,17).